The molecule has 4 nitrogen and oxygen atoms in total. The molecule has 2 aliphatic heterocycles. The lowest BCUT2D eigenvalue weighted by atomic mass is 10.0. The number of piperidine rings is 1. The van der Waals surface area contributed by atoms with Gasteiger partial charge in [-0.3, -0.25) is 0 Å². The first-order valence-electron chi connectivity index (χ1n) is 7.11. The predicted octanol–water partition coefficient (Wildman–Crippen LogP) is 2.63. The van der Waals surface area contributed by atoms with Crippen LogP contribution in [-0.4, -0.2) is 36.0 Å². The summed E-state index contributed by atoms with van der Waals surface area (Å²) in [5, 5.41) is 11.6. The number of benzene rings is 1. The second-order valence-corrected chi connectivity index (χ2v) is 7.90. The summed E-state index contributed by atoms with van der Waals surface area (Å²) < 4.78 is 26.6. The molecule has 0 spiro atoms. The van der Waals surface area contributed by atoms with Crippen molar-refractivity contribution in [1.29, 1.82) is 0 Å². The Morgan fingerprint density at radius 2 is 1.71 bits per heavy atom. The van der Waals surface area contributed by atoms with Crippen molar-refractivity contribution in [3.63, 3.8) is 0 Å². The van der Waals surface area contributed by atoms with Crippen molar-refractivity contribution in [3.8, 4) is 0 Å². The fourth-order valence-corrected chi connectivity index (χ4v) is 5.14. The number of aliphatic hydroxyl groups excluding tert-OH is 1. The molecule has 21 heavy (non-hydrogen) atoms. The van der Waals surface area contributed by atoms with Crippen LogP contribution >= 0.6 is 11.6 Å². The lowest BCUT2D eigenvalue weighted by Crippen LogP contribution is -2.47. The monoisotopic (exact) mass is 327 g/mol. The average Bonchev–Trinajstić information content (AvgIpc) is 2.72. The third kappa shape index (κ3) is 3.16. The zero-order chi connectivity index (χ0) is 15.0. The first-order chi connectivity index (χ1) is 9.95. The molecule has 0 saturated carbocycles. The molecule has 2 heterocycles. The van der Waals surface area contributed by atoms with Gasteiger partial charge in [0.15, 0.2) is 0 Å². The molecule has 114 valence electrons. The molecule has 0 aliphatic carbocycles. The second kappa shape index (κ2) is 5.72. The first kappa shape index (κ1) is 15.0. The Bertz CT molecular complexity index is 627. The second-order valence-electron chi connectivity index (χ2n) is 5.74. The van der Waals surface area contributed by atoms with E-state index in [4.69, 9.17) is 11.6 Å². The predicted molar refractivity (Wildman–Crippen MR) is 83.3 cm³/mol. The topological polar surface area (TPSA) is 57.6 Å². The number of hydrogen-bond acceptors (Lipinski definition) is 3. The molecule has 2 aliphatic rings. The average molecular weight is 328 g/mol. The van der Waals surface area contributed by atoms with Gasteiger partial charge in [0.05, 0.1) is 6.10 Å². The standard InChI is InChI=1S/C15H18ClNO3S/c16-12-3-1-11(2-4-12)7-8-21(19,20)17-13-5-6-14(17)10-15(18)9-13/h1-4,7-8,13-15,18H,5-6,9-10H2. The Kier molecular flexibility index (Phi) is 4.10. The highest BCUT2D eigenvalue weighted by Crippen LogP contribution is 2.38. The molecule has 1 aromatic carbocycles. The molecule has 0 aromatic heterocycles. The summed E-state index contributed by atoms with van der Waals surface area (Å²) in [5.74, 6) is 0. The summed E-state index contributed by atoms with van der Waals surface area (Å²) in [7, 11) is -3.44. The van der Waals surface area contributed by atoms with Gasteiger partial charge in [-0.15, -0.1) is 0 Å². The summed E-state index contributed by atoms with van der Waals surface area (Å²) in [5.41, 5.74) is 0.798. The van der Waals surface area contributed by atoms with Gasteiger partial charge in [-0.2, -0.15) is 4.31 Å². The zero-order valence-corrected chi connectivity index (χ0v) is 13.1. The summed E-state index contributed by atoms with van der Waals surface area (Å²) in [6, 6.07) is 6.91. The Balaban J connectivity index is 1.80. The maximum Gasteiger partial charge on any atom is 0.236 e. The van der Waals surface area contributed by atoms with Crippen molar-refractivity contribution < 1.29 is 13.5 Å². The molecular weight excluding hydrogens is 310 g/mol. The Hall–Kier alpha value is -0.880. The minimum atomic E-state index is -3.44. The van der Waals surface area contributed by atoms with Gasteiger partial charge in [0.2, 0.25) is 10.0 Å². The van der Waals surface area contributed by atoms with Gasteiger partial charge in [-0.05, 0) is 49.5 Å². The fourth-order valence-electron chi connectivity index (χ4n) is 3.33. The Labute approximate surface area is 130 Å². The van der Waals surface area contributed by atoms with E-state index in [-0.39, 0.29) is 18.2 Å². The van der Waals surface area contributed by atoms with E-state index in [9.17, 15) is 13.5 Å². The van der Waals surface area contributed by atoms with Crippen LogP contribution in [0.4, 0.5) is 0 Å². The number of rotatable bonds is 3. The third-order valence-corrected chi connectivity index (χ3v) is 6.15. The van der Waals surface area contributed by atoms with Crippen LogP contribution in [0.15, 0.2) is 29.7 Å². The van der Waals surface area contributed by atoms with Crippen molar-refractivity contribution in [2.75, 3.05) is 0 Å². The van der Waals surface area contributed by atoms with Gasteiger partial charge in [0.1, 0.15) is 0 Å². The number of fused-ring (bicyclic) bond motifs is 2. The molecule has 2 fully saturated rings. The van der Waals surface area contributed by atoms with Crippen LogP contribution in [-0.2, 0) is 10.0 Å². The van der Waals surface area contributed by atoms with Crippen LogP contribution in [0.25, 0.3) is 6.08 Å². The number of nitrogens with zero attached hydrogens (tertiary/aromatic N) is 1. The van der Waals surface area contributed by atoms with E-state index in [1.165, 1.54) is 5.41 Å². The zero-order valence-electron chi connectivity index (χ0n) is 11.5. The van der Waals surface area contributed by atoms with E-state index in [1.807, 2.05) is 0 Å². The third-order valence-electron chi connectivity index (χ3n) is 4.24. The van der Waals surface area contributed by atoms with Crippen molar-refractivity contribution in [3.05, 3.63) is 40.3 Å². The van der Waals surface area contributed by atoms with Gasteiger partial charge in [0.25, 0.3) is 0 Å². The SMILES string of the molecule is O=S(=O)(C=Cc1ccc(Cl)cc1)N1C2CCC1CC(O)C2. The summed E-state index contributed by atoms with van der Waals surface area (Å²) in [6.45, 7) is 0. The maximum atomic E-state index is 12.5. The van der Waals surface area contributed by atoms with Gasteiger partial charge in [-0.1, -0.05) is 23.7 Å². The molecule has 2 unspecified atom stereocenters. The molecule has 2 saturated heterocycles. The van der Waals surface area contributed by atoms with Crippen LogP contribution in [0, 0.1) is 0 Å². The van der Waals surface area contributed by atoms with Crippen molar-refractivity contribution in [2.24, 2.45) is 0 Å². The van der Waals surface area contributed by atoms with Crippen LogP contribution < -0.4 is 0 Å². The number of hydrogen-bond donors (Lipinski definition) is 1. The molecule has 1 aromatic rings. The van der Waals surface area contributed by atoms with E-state index in [0.717, 1.165) is 18.4 Å². The van der Waals surface area contributed by atoms with Crippen molar-refractivity contribution in [1.82, 2.24) is 4.31 Å². The molecule has 2 bridgehead atoms. The highest BCUT2D eigenvalue weighted by molar-refractivity contribution is 7.92. The lowest BCUT2D eigenvalue weighted by molar-refractivity contribution is 0.0775. The highest BCUT2D eigenvalue weighted by Gasteiger charge is 2.45. The molecule has 2 atom stereocenters. The molecule has 6 heteroatoms. The quantitative estimate of drug-likeness (QED) is 0.928. The normalized spacial score (nSPS) is 30.1. The summed E-state index contributed by atoms with van der Waals surface area (Å²) >= 11 is 5.81. The molecule has 3 rings (SSSR count). The molecular formula is C15H18ClNO3S. The van der Waals surface area contributed by atoms with Crippen molar-refractivity contribution in [2.45, 2.75) is 43.9 Å². The van der Waals surface area contributed by atoms with E-state index in [1.54, 1.807) is 34.6 Å². The van der Waals surface area contributed by atoms with E-state index in [0.29, 0.717) is 17.9 Å². The van der Waals surface area contributed by atoms with Crippen LogP contribution in [0.3, 0.4) is 0 Å². The van der Waals surface area contributed by atoms with E-state index >= 15 is 0 Å². The number of aliphatic hydroxyl groups is 1. The van der Waals surface area contributed by atoms with Crippen LogP contribution in [0.2, 0.25) is 5.02 Å². The minimum Gasteiger partial charge on any atom is -0.393 e. The van der Waals surface area contributed by atoms with Gasteiger partial charge in [-0.25, -0.2) is 8.42 Å². The Morgan fingerprint density at radius 1 is 1.14 bits per heavy atom. The van der Waals surface area contributed by atoms with Gasteiger partial charge >= 0.3 is 0 Å². The smallest absolute Gasteiger partial charge is 0.236 e. The molecule has 1 N–H and O–H groups in total. The number of halogens is 1. The lowest BCUT2D eigenvalue weighted by Gasteiger charge is -2.35. The fraction of sp³-hybridized carbons (Fsp3) is 0.467. The summed E-state index contributed by atoms with van der Waals surface area (Å²) in [4.78, 5) is 0. The van der Waals surface area contributed by atoms with Crippen LogP contribution in [0.5, 0.6) is 0 Å². The van der Waals surface area contributed by atoms with Crippen molar-refractivity contribution >= 4 is 27.7 Å². The molecule has 0 amide bonds. The van der Waals surface area contributed by atoms with E-state index < -0.39 is 10.0 Å². The minimum absolute atomic E-state index is 0.0568. The van der Waals surface area contributed by atoms with Crippen LogP contribution in [0.1, 0.15) is 31.2 Å². The highest BCUT2D eigenvalue weighted by atomic mass is 35.5. The van der Waals surface area contributed by atoms with Gasteiger partial charge < -0.3 is 5.11 Å². The first-order valence-corrected chi connectivity index (χ1v) is 8.99. The van der Waals surface area contributed by atoms with E-state index in [2.05, 4.69) is 0 Å². The largest absolute Gasteiger partial charge is 0.393 e. The molecule has 0 radical (unpaired) electrons. The maximum absolute atomic E-state index is 12.5. The summed E-state index contributed by atoms with van der Waals surface area (Å²) in [6.07, 6.45) is 4.01. The number of sulfonamides is 1. The Morgan fingerprint density at radius 3 is 2.29 bits per heavy atom. The van der Waals surface area contributed by atoms with Gasteiger partial charge in [0, 0.05) is 22.5 Å².